The van der Waals surface area contributed by atoms with Crippen LogP contribution in [0.5, 0.6) is 0 Å². The topological polar surface area (TPSA) is 21.3 Å². The summed E-state index contributed by atoms with van der Waals surface area (Å²) in [6.45, 7) is 12.4. The van der Waals surface area contributed by atoms with Crippen LogP contribution >= 0.6 is 0 Å². The summed E-state index contributed by atoms with van der Waals surface area (Å²) in [6, 6.07) is 1.38. The van der Waals surface area contributed by atoms with Crippen molar-refractivity contribution >= 4 is 0 Å². The molecular weight excluding hydrogens is 210 g/mol. The second-order valence-electron chi connectivity index (χ2n) is 6.74. The molecule has 0 aromatic rings. The molecule has 2 saturated carbocycles. The molecule has 0 saturated heterocycles. The second-order valence-corrected chi connectivity index (χ2v) is 6.74. The number of hydrogen-bond donors (Lipinski definition) is 1. The van der Waals surface area contributed by atoms with Gasteiger partial charge in [-0.05, 0) is 38.0 Å². The predicted octanol–water partition coefficient (Wildman–Crippen LogP) is 3.21. The highest BCUT2D eigenvalue weighted by Crippen LogP contribution is 2.44. The van der Waals surface area contributed by atoms with Gasteiger partial charge in [0, 0.05) is 24.1 Å². The number of ether oxygens (including phenoxy) is 1. The maximum atomic E-state index is 5.80. The van der Waals surface area contributed by atoms with Crippen molar-refractivity contribution in [3.63, 3.8) is 0 Å². The summed E-state index contributed by atoms with van der Waals surface area (Å²) in [6.07, 6.45) is 4.40. The van der Waals surface area contributed by atoms with Gasteiger partial charge in [0.2, 0.25) is 0 Å². The fraction of sp³-hybridized carbons (Fsp3) is 1.00. The van der Waals surface area contributed by atoms with E-state index in [9.17, 15) is 0 Å². The Morgan fingerprint density at radius 2 is 1.94 bits per heavy atom. The van der Waals surface area contributed by atoms with E-state index >= 15 is 0 Å². The minimum absolute atomic E-state index is 0.307. The van der Waals surface area contributed by atoms with Gasteiger partial charge in [-0.1, -0.05) is 27.7 Å². The van der Waals surface area contributed by atoms with Crippen LogP contribution in [0.3, 0.4) is 0 Å². The minimum Gasteiger partial charge on any atom is -0.378 e. The van der Waals surface area contributed by atoms with Crippen LogP contribution in [-0.4, -0.2) is 24.8 Å². The molecule has 0 amide bonds. The lowest BCUT2D eigenvalue weighted by Crippen LogP contribution is -2.63. The van der Waals surface area contributed by atoms with Gasteiger partial charge in [-0.2, -0.15) is 0 Å². The van der Waals surface area contributed by atoms with Crippen LogP contribution in [0, 0.1) is 17.3 Å². The Morgan fingerprint density at radius 1 is 1.24 bits per heavy atom. The Hall–Kier alpha value is -0.0800. The quantitative estimate of drug-likeness (QED) is 0.813. The summed E-state index contributed by atoms with van der Waals surface area (Å²) in [5, 5.41) is 3.89. The van der Waals surface area contributed by atoms with Gasteiger partial charge in [-0.25, -0.2) is 0 Å². The molecule has 2 nitrogen and oxygen atoms in total. The van der Waals surface area contributed by atoms with Crippen LogP contribution in [0.2, 0.25) is 0 Å². The molecule has 1 N–H and O–H groups in total. The van der Waals surface area contributed by atoms with Gasteiger partial charge in [0.05, 0.1) is 6.10 Å². The van der Waals surface area contributed by atoms with Crippen molar-refractivity contribution in [1.29, 1.82) is 0 Å². The van der Waals surface area contributed by atoms with Crippen LogP contribution in [0.4, 0.5) is 0 Å². The maximum Gasteiger partial charge on any atom is 0.0655 e. The maximum absolute atomic E-state index is 5.80. The lowest BCUT2D eigenvalue weighted by molar-refractivity contribution is -0.117. The van der Waals surface area contributed by atoms with Crippen LogP contribution < -0.4 is 5.32 Å². The zero-order valence-corrected chi connectivity index (χ0v) is 12.1. The summed E-state index contributed by atoms with van der Waals surface area (Å²) in [5.74, 6) is 1.72. The number of hydrogen-bond acceptors (Lipinski definition) is 2. The molecule has 0 spiro atoms. The minimum atomic E-state index is 0.307. The molecule has 2 aliphatic rings. The van der Waals surface area contributed by atoms with E-state index in [1.54, 1.807) is 0 Å². The molecule has 100 valence electrons. The monoisotopic (exact) mass is 239 g/mol. The van der Waals surface area contributed by atoms with E-state index in [4.69, 9.17) is 4.74 Å². The summed E-state index contributed by atoms with van der Waals surface area (Å²) >= 11 is 0. The van der Waals surface area contributed by atoms with Crippen molar-refractivity contribution in [2.75, 3.05) is 6.61 Å². The van der Waals surface area contributed by atoms with Crippen molar-refractivity contribution in [3.05, 3.63) is 0 Å². The zero-order valence-electron chi connectivity index (χ0n) is 12.1. The molecule has 0 aromatic heterocycles. The molecule has 0 heterocycles. The van der Waals surface area contributed by atoms with E-state index in [1.165, 1.54) is 19.3 Å². The fourth-order valence-corrected chi connectivity index (χ4v) is 3.51. The van der Waals surface area contributed by atoms with Gasteiger partial charge >= 0.3 is 0 Å². The first-order valence-corrected chi connectivity index (χ1v) is 7.34. The smallest absolute Gasteiger partial charge is 0.0655 e. The Kier molecular flexibility index (Phi) is 3.84. The average molecular weight is 239 g/mol. The Labute approximate surface area is 107 Å². The third-order valence-corrected chi connectivity index (χ3v) is 5.43. The molecule has 0 aliphatic heterocycles. The molecule has 2 heteroatoms. The first kappa shape index (κ1) is 13.4. The first-order valence-electron chi connectivity index (χ1n) is 7.34. The lowest BCUT2D eigenvalue weighted by atomic mass is 9.64. The molecule has 0 radical (unpaired) electrons. The lowest BCUT2D eigenvalue weighted by Gasteiger charge is -2.53. The molecule has 2 rings (SSSR count). The molecule has 0 bridgehead atoms. The molecule has 17 heavy (non-hydrogen) atoms. The standard InChI is InChI=1S/C15H29NO/c1-6-17-14-9-13(15(14,4)5)16-12-8-7-10(2)11(12)3/h10-14,16H,6-9H2,1-5H3. The summed E-state index contributed by atoms with van der Waals surface area (Å²) in [7, 11) is 0. The highest BCUT2D eigenvalue weighted by Gasteiger charge is 2.50. The normalized spacial score (nSPS) is 44.6. The number of nitrogens with one attached hydrogen (secondary N) is 1. The van der Waals surface area contributed by atoms with E-state index < -0.39 is 0 Å². The predicted molar refractivity (Wildman–Crippen MR) is 72.1 cm³/mol. The van der Waals surface area contributed by atoms with E-state index in [1.807, 2.05) is 0 Å². The molecule has 2 fully saturated rings. The van der Waals surface area contributed by atoms with Gasteiger partial charge in [-0.3, -0.25) is 0 Å². The van der Waals surface area contributed by atoms with Crippen LogP contribution in [0.25, 0.3) is 0 Å². The van der Waals surface area contributed by atoms with Crippen LogP contribution in [0.1, 0.15) is 53.9 Å². The van der Waals surface area contributed by atoms with Gasteiger partial charge in [0.25, 0.3) is 0 Å². The molecule has 0 aromatic carbocycles. The van der Waals surface area contributed by atoms with Crippen molar-refractivity contribution in [2.24, 2.45) is 17.3 Å². The molecule has 5 atom stereocenters. The first-order chi connectivity index (χ1) is 7.96. The molecule has 5 unspecified atom stereocenters. The van der Waals surface area contributed by atoms with Gasteiger partial charge in [0.1, 0.15) is 0 Å². The van der Waals surface area contributed by atoms with Crippen molar-refractivity contribution < 1.29 is 4.74 Å². The second kappa shape index (κ2) is 4.89. The van der Waals surface area contributed by atoms with Gasteiger partial charge in [0.15, 0.2) is 0 Å². The van der Waals surface area contributed by atoms with E-state index in [0.717, 1.165) is 24.5 Å². The Balaban J connectivity index is 1.85. The van der Waals surface area contributed by atoms with Crippen LogP contribution in [-0.2, 0) is 4.74 Å². The summed E-state index contributed by atoms with van der Waals surface area (Å²) in [5.41, 5.74) is 0.307. The molecular formula is C15H29NO. The highest BCUT2D eigenvalue weighted by molar-refractivity contribution is 5.04. The number of rotatable bonds is 4. The highest BCUT2D eigenvalue weighted by atomic mass is 16.5. The summed E-state index contributed by atoms with van der Waals surface area (Å²) in [4.78, 5) is 0. The SMILES string of the molecule is CCOC1CC(NC2CCC(C)C2C)C1(C)C. The van der Waals surface area contributed by atoms with E-state index in [2.05, 4.69) is 39.9 Å². The summed E-state index contributed by atoms with van der Waals surface area (Å²) < 4.78 is 5.80. The fourth-order valence-electron chi connectivity index (χ4n) is 3.51. The largest absolute Gasteiger partial charge is 0.378 e. The molecule has 2 aliphatic carbocycles. The zero-order chi connectivity index (χ0) is 12.6. The van der Waals surface area contributed by atoms with Gasteiger partial charge < -0.3 is 10.1 Å². The van der Waals surface area contributed by atoms with E-state index in [0.29, 0.717) is 17.6 Å². The van der Waals surface area contributed by atoms with Crippen molar-refractivity contribution in [3.8, 4) is 0 Å². The van der Waals surface area contributed by atoms with E-state index in [-0.39, 0.29) is 0 Å². The third-order valence-electron chi connectivity index (χ3n) is 5.43. The van der Waals surface area contributed by atoms with Crippen molar-refractivity contribution in [1.82, 2.24) is 5.32 Å². The van der Waals surface area contributed by atoms with Crippen LogP contribution in [0.15, 0.2) is 0 Å². The van der Waals surface area contributed by atoms with Crippen molar-refractivity contribution in [2.45, 2.75) is 72.1 Å². The Bertz CT molecular complexity index is 264. The Morgan fingerprint density at radius 3 is 2.41 bits per heavy atom. The average Bonchev–Trinajstić information content (AvgIpc) is 2.59. The van der Waals surface area contributed by atoms with Gasteiger partial charge in [-0.15, -0.1) is 0 Å². The third kappa shape index (κ3) is 2.39.